The topological polar surface area (TPSA) is 4.93 Å². The second-order valence-electron chi connectivity index (χ2n) is 4.00. The lowest BCUT2D eigenvalue weighted by Crippen LogP contribution is -1.91. The standard InChI is InChI=1S/C17H17N/c1-3-8-15(9-4-2)16-10-7-11-17(14-16)18-12-5-6-13-18/h3-14H,1H2,2H3/b9-4-,15-8+. The molecule has 1 nitrogen and oxygen atoms in total. The van der Waals surface area contributed by atoms with Crippen LogP contribution < -0.4 is 0 Å². The van der Waals surface area contributed by atoms with Gasteiger partial charge < -0.3 is 4.57 Å². The number of allylic oxidation sites excluding steroid dienone is 5. The van der Waals surface area contributed by atoms with Gasteiger partial charge in [-0.05, 0) is 42.3 Å². The van der Waals surface area contributed by atoms with Gasteiger partial charge in [-0.2, -0.15) is 0 Å². The molecule has 0 atom stereocenters. The Labute approximate surface area is 108 Å². The Morgan fingerprint density at radius 3 is 2.61 bits per heavy atom. The number of hydrogen-bond acceptors (Lipinski definition) is 0. The van der Waals surface area contributed by atoms with Crippen molar-refractivity contribution in [1.82, 2.24) is 4.57 Å². The first-order valence-electron chi connectivity index (χ1n) is 6.04. The summed E-state index contributed by atoms with van der Waals surface area (Å²) in [7, 11) is 0. The molecule has 1 aromatic carbocycles. The van der Waals surface area contributed by atoms with Crippen LogP contribution in [0, 0.1) is 0 Å². The van der Waals surface area contributed by atoms with E-state index >= 15 is 0 Å². The largest absolute Gasteiger partial charge is 0.324 e. The van der Waals surface area contributed by atoms with E-state index in [2.05, 4.69) is 41.5 Å². The third-order valence-corrected chi connectivity index (χ3v) is 2.73. The van der Waals surface area contributed by atoms with Crippen molar-refractivity contribution in [3.8, 4) is 5.69 Å². The van der Waals surface area contributed by atoms with Gasteiger partial charge in [0.05, 0.1) is 0 Å². The van der Waals surface area contributed by atoms with Crippen molar-refractivity contribution in [2.75, 3.05) is 0 Å². The Kier molecular flexibility index (Phi) is 3.98. The Bertz CT molecular complexity index is 571. The predicted molar refractivity (Wildman–Crippen MR) is 78.8 cm³/mol. The van der Waals surface area contributed by atoms with E-state index in [0.717, 1.165) is 5.69 Å². The molecular weight excluding hydrogens is 218 g/mol. The van der Waals surface area contributed by atoms with Crippen LogP contribution in [-0.4, -0.2) is 4.57 Å². The molecule has 0 aliphatic carbocycles. The molecule has 0 saturated heterocycles. The highest BCUT2D eigenvalue weighted by Gasteiger charge is 2.00. The maximum Gasteiger partial charge on any atom is 0.0455 e. The minimum absolute atomic E-state index is 1.16. The third-order valence-electron chi connectivity index (χ3n) is 2.73. The molecule has 1 heterocycles. The predicted octanol–water partition coefficient (Wildman–Crippen LogP) is 4.62. The first kappa shape index (κ1) is 12.2. The summed E-state index contributed by atoms with van der Waals surface area (Å²) in [5.74, 6) is 0. The van der Waals surface area contributed by atoms with Gasteiger partial charge in [-0.15, -0.1) is 0 Å². The van der Waals surface area contributed by atoms with Gasteiger partial charge >= 0.3 is 0 Å². The highest BCUT2D eigenvalue weighted by molar-refractivity contribution is 5.76. The monoisotopic (exact) mass is 235 g/mol. The van der Waals surface area contributed by atoms with Crippen LogP contribution in [0.2, 0.25) is 0 Å². The minimum Gasteiger partial charge on any atom is -0.324 e. The van der Waals surface area contributed by atoms with Gasteiger partial charge in [0.1, 0.15) is 0 Å². The van der Waals surface area contributed by atoms with E-state index in [9.17, 15) is 0 Å². The average Bonchev–Trinajstić information content (AvgIpc) is 2.93. The molecule has 0 bridgehead atoms. The molecule has 2 rings (SSSR count). The summed E-state index contributed by atoms with van der Waals surface area (Å²) in [6.45, 7) is 5.79. The van der Waals surface area contributed by atoms with Gasteiger partial charge in [0, 0.05) is 18.1 Å². The number of benzene rings is 1. The Morgan fingerprint density at radius 2 is 1.94 bits per heavy atom. The lowest BCUT2D eigenvalue weighted by Gasteiger charge is -2.07. The van der Waals surface area contributed by atoms with Crippen molar-refractivity contribution in [2.45, 2.75) is 6.92 Å². The van der Waals surface area contributed by atoms with Crippen molar-refractivity contribution in [3.63, 3.8) is 0 Å². The first-order chi connectivity index (χ1) is 8.85. The summed E-state index contributed by atoms with van der Waals surface area (Å²) in [6, 6.07) is 12.5. The summed E-state index contributed by atoms with van der Waals surface area (Å²) in [6.07, 6.45) is 12.1. The molecule has 0 aliphatic rings. The van der Waals surface area contributed by atoms with Gasteiger partial charge in [-0.1, -0.05) is 43.0 Å². The van der Waals surface area contributed by atoms with Crippen LogP contribution in [-0.2, 0) is 0 Å². The van der Waals surface area contributed by atoms with Crippen LogP contribution in [0.25, 0.3) is 11.3 Å². The number of rotatable bonds is 4. The van der Waals surface area contributed by atoms with Crippen molar-refractivity contribution in [2.24, 2.45) is 0 Å². The van der Waals surface area contributed by atoms with Crippen LogP contribution in [0.5, 0.6) is 0 Å². The van der Waals surface area contributed by atoms with Gasteiger partial charge in [-0.3, -0.25) is 0 Å². The molecule has 0 radical (unpaired) electrons. The molecule has 0 fully saturated rings. The summed E-state index contributed by atoms with van der Waals surface area (Å²) >= 11 is 0. The van der Waals surface area contributed by atoms with Crippen molar-refractivity contribution in [3.05, 3.63) is 85.2 Å². The van der Waals surface area contributed by atoms with Gasteiger partial charge in [0.2, 0.25) is 0 Å². The normalized spacial score (nSPS) is 11.9. The van der Waals surface area contributed by atoms with Crippen molar-refractivity contribution < 1.29 is 0 Å². The van der Waals surface area contributed by atoms with E-state index in [1.54, 1.807) is 0 Å². The molecule has 0 aliphatic heterocycles. The van der Waals surface area contributed by atoms with Crippen LogP contribution in [0.1, 0.15) is 12.5 Å². The average molecular weight is 235 g/mol. The zero-order chi connectivity index (χ0) is 12.8. The van der Waals surface area contributed by atoms with Crippen LogP contribution in [0.3, 0.4) is 0 Å². The molecule has 0 spiro atoms. The maximum absolute atomic E-state index is 3.77. The SMILES string of the molecule is C=C/C=C(\C=C/C)c1cccc(-n2cccc2)c1. The fraction of sp³-hybridized carbons (Fsp3) is 0.0588. The number of hydrogen-bond donors (Lipinski definition) is 0. The molecule has 0 unspecified atom stereocenters. The molecule has 1 heteroatoms. The molecule has 18 heavy (non-hydrogen) atoms. The summed E-state index contributed by atoms with van der Waals surface area (Å²) < 4.78 is 2.10. The van der Waals surface area contributed by atoms with Crippen molar-refractivity contribution >= 4 is 5.57 Å². The van der Waals surface area contributed by atoms with Gasteiger partial charge in [0.15, 0.2) is 0 Å². The lowest BCUT2D eigenvalue weighted by atomic mass is 10.0. The fourth-order valence-corrected chi connectivity index (χ4v) is 1.91. The van der Waals surface area contributed by atoms with E-state index in [4.69, 9.17) is 0 Å². The molecular formula is C17H17N. The van der Waals surface area contributed by atoms with Crippen LogP contribution in [0.4, 0.5) is 0 Å². The zero-order valence-electron chi connectivity index (χ0n) is 10.6. The van der Waals surface area contributed by atoms with E-state index in [-0.39, 0.29) is 0 Å². The highest BCUT2D eigenvalue weighted by atomic mass is 14.9. The third kappa shape index (κ3) is 2.69. The number of nitrogens with zero attached hydrogens (tertiary/aromatic N) is 1. The van der Waals surface area contributed by atoms with E-state index in [1.165, 1.54) is 11.1 Å². The Hall–Kier alpha value is -2.28. The summed E-state index contributed by atoms with van der Waals surface area (Å²) in [5, 5.41) is 0. The fourth-order valence-electron chi connectivity index (χ4n) is 1.91. The Morgan fingerprint density at radius 1 is 1.17 bits per heavy atom. The zero-order valence-corrected chi connectivity index (χ0v) is 10.6. The lowest BCUT2D eigenvalue weighted by molar-refractivity contribution is 1.08. The molecule has 0 amide bonds. The summed E-state index contributed by atoms with van der Waals surface area (Å²) in [4.78, 5) is 0. The molecule has 2 aromatic rings. The van der Waals surface area contributed by atoms with Gasteiger partial charge in [0.25, 0.3) is 0 Å². The molecule has 0 N–H and O–H groups in total. The second-order valence-corrected chi connectivity index (χ2v) is 4.00. The smallest absolute Gasteiger partial charge is 0.0455 e. The van der Waals surface area contributed by atoms with Crippen molar-refractivity contribution in [1.29, 1.82) is 0 Å². The highest BCUT2D eigenvalue weighted by Crippen LogP contribution is 2.19. The van der Waals surface area contributed by atoms with E-state index in [1.807, 2.05) is 49.7 Å². The Balaban J connectivity index is 2.43. The van der Waals surface area contributed by atoms with Crippen LogP contribution >= 0.6 is 0 Å². The molecule has 0 saturated carbocycles. The summed E-state index contributed by atoms with van der Waals surface area (Å²) in [5.41, 5.74) is 3.53. The second kappa shape index (κ2) is 5.87. The molecule has 90 valence electrons. The molecule has 1 aromatic heterocycles. The maximum atomic E-state index is 3.77. The number of aromatic nitrogens is 1. The minimum atomic E-state index is 1.16. The quantitative estimate of drug-likeness (QED) is 0.681. The first-order valence-corrected chi connectivity index (χ1v) is 6.04. The van der Waals surface area contributed by atoms with E-state index < -0.39 is 0 Å². The van der Waals surface area contributed by atoms with Gasteiger partial charge in [-0.25, -0.2) is 0 Å². The van der Waals surface area contributed by atoms with E-state index in [0.29, 0.717) is 0 Å². The van der Waals surface area contributed by atoms with Crippen LogP contribution in [0.15, 0.2) is 79.7 Å².